The van der Waals surface area contributed by atoms with Crippen LogP contribution in [0.25, 0.3) is 0 Å². The molecule has 1 aliphatic rings. The fraction of sp³-hybridized carbons (Fsp3) is 0.562. The maximum Gasteiger partial charge on any atom is 0.306 e. The zero-order valence-electron chi connectivity index (χ0n) is 11.2. The van der Waals surface area contributed by atoms with Crippen molar-refractivity contribution in [2.24, 2.45) is 11.8 Å². The van der Waals surface area contributed by atoms with E-state index in [1.54, 1.807) is 0 Å². The number of aliphatic carboxylic acids is 1. The van der Waals surface area contributed by atoms with E-state index in [0.29, 0.717) is 11.8 Å². The molecule has 1 fully saturated rings. The molecule has 3 unspecified atom stereocenters. The number of aryl methyl sites for hydroxylation is 1. The maximum absolute atomic E-state index is 11.2. The fourth-order valence-electron chi connectivity index (χ4n) is 3.17. The number of carbonyl (C=O) groups is 1. The van der Waals surface area contributed by atoms with Crippen LogP contribution in [0.5, 0.6) is 0 Å². The van der Waals surface area contributed by atoms with Crippen molar-refractivity contribution in [3.8, 4) is 0 Å². The van der Waals surface area contributed by atoms with Crippen LogP contribution in [0.2, 0.25) is 0 Å². The molecule has 1 aromatic rings. The average Bonchev–Trinajstić information content (AvgIpc) is 2.39. The molecule has 3 atom stereocenters. The second-order valence-corrected chi connectivity index (χ2v) is 5.59. The average molecular weight is 246 g/mol. The van der Waals surface area contributed by atoms with E-state index < -0.39 is 5.97 Å². The first-order chi connectivity index (χ1) is 8.59. The highest BCUT2D eigenvalue weighted by Gasteiger charge is 2.33. The lowest BCUT2D eigenvalue weighted by atomic mass is 9.70. The van der Waals surface area contributed by atoms with Crippen LogP contribution in [0.4, 0.5) is 0 Å². The van der Waals surface area contributed by atoms with Gasteiger partial charge in [0.1, 0.15) is 0 Å². The summed E-state index contributed by atoms with van der Waals surface area (Å²) < 4.78 is 0. The van der Waals surface area contributed by atoms with E-state index in [-0.39, 0.29) is 5.92 Å². The summed E-state index contributed by atoms with van der Waals surface area (Å²) in [6, 6.07) is 8.61. The predicted molar refractivity (Wildman–Crippen MR) is 72.7 cm³/mol. The highest BCUT2D eigenvalue weighted by Crippen LogP contribution is 2.41. The third kappa shape index (κ3) is 2.74. The Hall–Kier alpha value is -1.31. The molecule has 1 aromatic carbocycles. The van der Waals surface area contributed by atoms with Crippen LogP contribution in [0, 0.1) is 18.8 Å². The summed E-state index contributed by atoms with van der Waals surface area (Å²) in [6.07, 6.45) is 4.57. The molecule has 2 nitrogen and oxygen atoms in total. The largest absolute Gasteiger partial charge is 0.481 e. The quantitative estimate of drug-likeness (QED) is 0.875. The van der Waals surface area contributed by atoms with Gasteiger partial charge in [0.25, 0.3) is 0 Å². The summed E-state index contributed by atoms with van der Waals surface area (Å²) in [5.41, 5.74) is 2.58. The molecule has 1 N–H and O–H groups in total. The monoisotopic (exact) mass is 246 g/mol. The Labute approximate surface area is 109 Å². The van der Waals surface area contributed by atoms with Gasteiger partial charge in [-0.2, -0.15) is 0 Å². The molecule has 0 saturated heterocycles. The number of rotatable bonds is 3. The molecular formula is C16H22O2. The Morgan fingerprint density at radius 3 is 2.44 bits per heavy atom. The van der Waals surface area contributed by atoms with E-state index in [1.807, 2.05) is 6.92 Å². The van der Waals surface area contributed by atoms with E-state index >= 15 is 0 Å². The van der Waals surface area contributed by atoms with E-state index in [9.17, 15) is 9.90 Å². The van der Waals surface area contributed by atoms with Crippen molar-refractivity contribution in [3.05, 3.63) is 35.4 Å². The number of carboxylic acid groups (broad SMARTS) is 1. The molecule has 98 valence electrons. The summed E-state index contributed by atoms with van der Waals surface area (Å²) in [5.74, 6) is -0.181. The topological polar surface area (TPSA) is 37.3 Å². The van der Waals surface area contributed by atoms with Crippen molar-refractivity contribution in [2.45, 2.75) is 45.4 Å². The van der Waals surface area contributed by atoms with Crippen molar-refractivity contribution in [1.29, 1.82) is 0 Å². The van der Waals surface area contributed by atoms with Crippen LogP contribution >= 0.6 is 0 Å². The van der Waals surface area contributed by atoms with Crippen LogP contribution in [-0.4, -0.2) is 11.1 Å². The van der Waals surface area contributed by atoms with Gasteiger partial charge in [0.2, 0.25) is 0 Å². The van der Waals surface area contributed by atoms with Crippen LogP contribution in [-0.2, 0) is 4.79 Å². The van der Waals surface area contributed by atoms with Gasteiger partial charge in [-0.3, -0.25) is 4.79 Å². The molecule has 1 saturated carbocycles. The zero-order valence-corrected chi connectivity index (χ0v) is 11.2. The molecule has 0 aromatic heterocycles. The van der Waals surface area contributed by atoms with Crippen molar-refractivity contribution < 1.29 is 9.90 Å². The normalized spacial score (nSPS) is 25.7. The zero-order chi connectivity index (χ0) is 13.1. The van der Waals surface area contributed by atoms with Gasteiger partial charge in [-0.15, -0.1) is 0 Å². The molecule has 0 heterocycles. The number of carboxylic acids is 1. The van der Waals surface area contributed by atoms with E-state index in [4.69, 9.17) is 0 Å². The van der Waals surface area contributed by atoms with Gasteiger partial charge in [-0.05, 0) is 37.2 Å². The Kier molecular flexibility index (Phi) is 4.05. The number of hydrogen-bond acceptors (Lipinski definition) is 1. The SMILES string of the molecule is Cc1ccc(C2CCCCC2C(C)C(=O)O)cc1. The van der Waals surface area contributed by atoms with Crippen LogP contribution in [0.15, 0.2) is 24.3 Å². The first-order valence-electron chi connectivity index (χ1n) is 6.89. The van der Waals surface area contributed by atoms with Gasteiger partial charge in [0, 0.05) is 0 Å². The van der Waals surface area contributed by atoms with Gasteiger partial charge in [-0.25, -0.2) is 0 Å². The Balaban J connectivity index is 2.22. The number of benzene rings is 1. The Morgan fingerprint density at radius 2 is 1.83 bits per heavy atom. The minimum absolute atomic E-state index is 0.239. The molecule has 0 radical (unpaired) electrons. The Morgan fingerprint density at radius 1 is 1.22 bits per heavy atom. The summed E-state index contributed by atoms with van der Waals surface area (Å²) in [7, 11) is 0. The predicted octanol–water partition coefficient (Wildman–Crippen LogP) is 3.99. The molecule has 2 rings (SSSR count). The van der Waals surface area contributed by atoms with Gasteiger partial charge in [0.15, 0.2) is 0 Å². The fourth-order valence-corrected chi connectivity index (χ4v) is 3.17. The maximum atomic E-state index is 11.2. The number of hydrogen-bond donors (Lipinski definition) is 1. The van der Waals surface area contributed by atoms with E-state index in [0.717, 1.165) is 12.8 Å². The highest BCUT2D eigenvalue weighted by molar-refractivity contribution is 5.70. The minimum atomic E-state index is -0.654. The summed E-state index contributed by atoms with van der Waals surface area (Å²) >= 11 is 0. The summed E-state index contributed by atoms with van der Waals surface area (Å²) in [4.78, 5) is 11.2. The molecule has 18 heavy (non-hydrogen) atoms. The first-order valence-corrected chi connectivity index (χ1v) is 6.89. The standard InChI is InChI=1S/C16H22O2/c1-11-7-9-13(10-8-11)15-6-4-3-5-14(15)12(2)16(17)18/h7-10,12,14-15H,3-6H2,1-2H3,(H,17,18). The van der Waals surface area contributed by atoms with Crippen LogP contribution in [0.1, 0.15) is 49.7 Å². The summed E-state index contributed by atoms with van der Waals surface area (Å²) in [6.45, 7) is 3.95. The second kappa shape index (κ2) is 5.55. The summed E-state index contributed by atoms with van der Waals surface area (Å²) in [5, 5.41) is 9.24. The lowest BCUT2D eigenvalue weighted by Gasteiger charge is -2.34. The van der Waals surface area contributed by atoms with Crippen molar-refractivity contribution in [2.75, 3.05) is 0 Å². The van der Waals surface area contributed by atoms with Gasteiger partial charge in [-0.1, -0.05) is 49.6 Å². The lowest BCUT2D eigenvalue weighted by Crippen LogP contribution is -2.28. The molecule has 0 amide bonds. The molecule has 0 aliphatic heterocycles. The van der Waals surface area contributed by atoms with Crippen molar-refractivity contribution >= 4 is 5.97 Å². The van der Waals surface area contributed by atoms with Crippen molar-refractivity contribution in [1.82, 2.24) is 0 Å². The van der Waals surface area contributed by atoms with Crippen LogP contribution in [0.3, 0.4) is 0 Å². The van der Waals surface area contributed by atoms with Gasteiger partial charge < -0.3 is 5.11 Å². The van der Waals surface area contributed by atoms with Crippen LogP contribution < -0.4 is 0 Å². The Bertz CT molecular complexity index is 408. The van der Waals surface area contributed by atoms with E-state index in [2.05, 4.69) is 31.2 Å². The smallest absolute Gasteiger partial charge is 0.306 e. The molecule has 0 bridgehead atoms. The third-order valence-electron chi connectivity index (χ3n) is 4.36. The molecular weight excluding hydrogens is 224 g/mol. The molecule has 0 spiro atoms. The second-order valence-electron chi connectivity index (χ2n) is 5.59. The minimum Gasteiger partial charge on any atom is -0.481 e. The van der Waals surface area contributed by atoms with Crippen molar-refractivity contribution in [3.63, 3.8) is 0 Å². The molecule has 1 aliphatic carbocycles. The van der Waals surface area contributed by atoms with Gasteiger partial charge in [0.05, 0.1) is 5.92 Å². The molecule has 2 heteroatoms. The van der Waals surface area contributed by atoms with E-state index in [1.165, 1.54) is 24.0 Å². The highest BCUT2D eigenvalue weighted by atomic mass is 16.4. The van der Waals surface area contributed by atoms with Gasteiger partial charge >= 0.3 is 5.97 Å². The third-order valence-corrected chi connectivity index (χ3v) is 4.36. The first kappa shape index (κ1) is 13.1. The lowest BCUT2D eigenvalue weighted by molar-refractivity contribution is -0.143.